The summed E-state index contributed by atoms with van der Waals surface area (Å²) >= 11 is 0. The third-order valence-electron chi connectivity index (χ3n) is 14.4. The molecule has 5 atom stereocenters. The first kappa shape index (κ1) is 57.0. The first-order chi connectivity index (χ1) is 27.5. The summed E-state index contributed by atoms with van der Waals surface area (Å²) in [5.74, 6) is 7.30. The van der Waals surface area contributed by atoms with Gasteiger partial charge in [0.1, 0.15) is 0 Å². The minimum absolute atomic E-state index is 0.847. The van der Waals surface area contributed by atoms with Crippen LogP contribution in [0.3, 0.4) is 0 Å². The maximum Gasteiger partial charge on any atom is -0.0388 e. The van der Waals surface area contributed by atoms with E-state index in [9.17, 15) is 0 Å². The van der Waals surface area contributed by atoms with Crippen LogP contribution in [0.1, 0.15) is 320 Å². The second kappa shape index (κ2) is 42.7. The first-order valence-corrected chi connectivity index (χ1v) is 27.5. The summed E-state index contributed by atoms with van der Waals surface area (Å²) in [7, 11) is 0. The SMILES string of the molecule is CC(C)CCCCCCCCCCCCCCC(C)CC(CCC(C)CCCCCCCCC(C)CCCCCCCCC(C)CCCCCCC(C)C)C(C)C. The molecule has 0 aromatic rings. The van der Waals surface area contributed by atoms with Gasteiger partial charge in [-0.25, -0.2) is 0 Å². The van der Waals surface area contributed by atoms with Gasteiger partial charge in [0, 0.05) is 0 Å². The van der Waals surface area contributed by atoms with Gasteiger partial charge in [0.25, 0.3) is 0 Å². The van der Waals surface area contributed by atoms with E-state index in [2.05, 4.69) is 69.2 Å². The zero-order chi connectivity index (χ0) is 42.2. The van der Waals surface area contributed by atoms with Gasteiger partial charge in [-0.3, -0.25) is 0 Å². The molecule has 0 aromatic carbocycles. The van der Waals surface area contributed by atoms with Crippen LogP contribution >= 0.6 is 0 Å². The van der Waals surface area contributed by atoms with Gasteiger partial charge in [-0.2, -0.15) is 0 Å². The van der Waals surface area contributed by atoms with Crippen molar-refractivity contribution in [3.05, 3.63) is 0 Å². The summed E-state index contributed by atoms with van der Waals surface area (Å²) < 4.78 is 0. The molecule has 0 bridgehead atoms. The van der Waals surface area contributed by atoms with Gasteiger partial charge in [-0.1, -0.05) is 307 Å². The van der Waals surface area contributed by atoms with Crippen LogP contribution in [-0.4, -0.2) is 0 Å². The fourth-order valence-corrected chi connectivity index (χ4v) is 9.89. The molecule has 0 rings (SSSR count). The van der Waals surface area contributed by atoms with Gasteiger partial charge >= 0.3 is 0 Å². The summed E-state index contributed by atoms with van der Waals surface area (Å²) in [6, 6.07) is 0. The number of unbranched alkanes of at least 4 members (excludes halogenated alkanes) is 24. The lowest BCUT2D eigenvalue weighted by Gasteiger charge is -2.26. The van der Waals surface area contributed by atoms with E-state index >= 15 is 0 Å². The van der Waals surface area contributed by atoms with Crippen molar-refractivity contribution in [2.75, 3.05) is 0 Å². The molecule has 0 heterocycles. The summed E-state index contributed by atoms with van der Waals surface area (Å²) in [4.78, 5) is 0. The summed E-state index contributed by atoms with van der Waals surface area (Å²) in [6.45, 7) is 24.6. The largest absolute Gasteiger partial charge is 0.0628 e. The molecular weight excluding hydrogens is 685 g/mol. The number of rotatable bonds is 46. The molecule has 0 nitrogen and oxygen atoms in total. The maximum atomic E-state index is 2.56. The molecule has 0 spiro atoms. The van der Waals surface area contributed by atoms with E-state index in [0.29, 0.717) is 0 Å². The third-order valence-corrected chi connectivity index (χ3v) is 14.4. The number of hydrogen-bond donors (Lipinski definition) is 0. The van der Waals surface area contributed by atoms with Crippen molar-refractivity contribution in [2.24, 2.45) is 47.3 Å². The van der Waals surface area contributed by atoms with E-state index in [0.717, 1.165) is 47.3 Å². The predicted octanol–water partition coefficient (Wildman–Crippen LogP) is 21.3. The molecule has 5 unspecified atom stereocenters. The van der Waals surface area contributed by atoms with E-state index in [1.54, 1.807) is 0 Å². The Morgan fingerprint density at radius 3 is 0.649 bits per heavy atom. The zero-order valence-corrected chi connectivity index (χ0v) is 42.2. The summed E-state index contributed by atoms with van der Waals surface area (Å²) in [5, 5.41) is 0. The molecule has 0 aliphatic carbocycles. The fraction of sp³-hybridized carbons (Fsp3) is 1.00. The van der Waals surface area contributed by atoms with Gasteiger partial charge < -0.3 is 0 Å². The highest BCUT2D eigenvalue weighted by Crippen LogP contribution is 2.30. The molecular formula is C57H116. The quantitative estimate of drug-likeness (QED) is 0.0538. The Morgan fingerprint density at radius 1 is 0.193 bits per heavy atom. The highest BCUT2D eigenvalue weighted by molar-refractivity contribution is 4.70. The molecule has 0 fully saturated rings. The van der Waals surface area contributed by atoms with Gasteiger partial charge in [-0.05, 0) is 60.2 Å². The molecule has 0 amide bonds. The van der Waals surface area contributed by atoms with Crippen LogP contribution < -0.4 is 0 Å². The Morgan fingerprint density at radius 2 is 0.404 bits per heavy atom. The van der Waals surface area contributed by atoms with Gasteiger partial charge in [0.15, 0.2) is 0 Å². The van der Waals surface area contributed by atoms with Gasteiger partial charge in [0.05, 0.1) is 0 Å². The van der Waals surface area contributed by atoms with Crippen molar-refractivity contribution < 1.29 is 0 Å². The second-order valence-corrected chi connectivity index (χ2v) is 22.2. The molecule has 0 N–H and O–H groups in total. The van der Waals surface area contributed by atoms with Crippen molar-refractivity contribution in [1.29, 1.82) is 0 Å². The van der Waals surface area contributed by atoms with Gasteiger partial charge in [0.2, 0.25) is 0 Å². The molecule has 344 valence electrons. The molecule has 0 heteroatoms. The van der Waals surface area contributed by atoms with Crippen LogP contribution in [0.4, 0.5) is 0 Å². The minimum Gasteiger partial charge on any atom is -0.0628 e. The Labute approximate surface area is 365 Å². The van der Waals surface area contributed by atoms with Crippen LogP contribution in [0, 0.1) is 47.3 Å². The Kier molecular flexibility index (Phi) is 42.7. The molecule has 0 saturated heterocycles. The van der Waals surface area contributed by atoms with Crippen LogP contribution in [0.5, 0.6) is 0 Å². The van der Waals surface area contributed by atoms with Crippen molar-refractivity contribution in [3.63, 3.8) is 0 Å². The predicted molar refractivity (Wildman–Crippen MR) is 265 cm³/mol. The van der Waals surface area contributed by atoms with E-state index < -0.39 is 0 Å². The highest BCUT2D eigenvalue weighted by atomic mass is 14.2. The van der Waals surface area contributed by atoms with E-state index in [1.165, 1.54) is 250 Å². The van der Waals surface area contributed by atoms with Crippen LogP contribution in [0.25, 0.3) is 0 Å². The second-order valence-electron chi connectivity index (χ2n) is 22.2. The lowest BCUT2D eigenvalue weighted by Crippen LogP contribution is -2.14. The lowest BCUT2D eigenvalue weighted by molar-refractivity contribution is 0.257. The normalized spacial score (nSPS) is 14.9. The summed E-state index contributed by atoms with van der Waals surface area (Å²) in [5.41, 5.74) is 0. The fourth-order valence-electron chi connectivity index (χ4n) is 9.89. The van der Waals surface area contributed by atoms with Crippen LogP contribution in [0.2, 0.25) is 0 Å². The van der Waals surface area contributed by atoms with E-state index in [1.807, 2.05) is 0 Å². The minimum atomic E-state index is 0.847. The standard InChI is InChI=1S/C57H116/c1-50(2)39-31-23-17-15-13-11-12-14-16-18-28-38-46-56(10)49-57(52(5)6)48-47-55(9)45-36-27-22-21-26-34-42-53(7)41-33-24-19-20-25-35-43-54(8)44-37-30-29-32-40-51(3)4/h50-57H,11-49H2,1-10H3. The molecule has 0 aliphatic heterocycles. The highest BCUT2D eigenvalue weighted by Gasteiger charge is 2.18. The van der Waals surface area contributed by atoms with E-state index in [-0.39, 0.29) is 0 Å². The maximum absolute atomic E-state index is 2.56. The number of hydrogen-bond acceptors (Lipinski definition) is 0. The van der Waals surface area contributed by atoms with Crippen molar-refractivity contribution in [1.82, 2.24) is 0 Å². The Bertz CT molecular complexity index is 747. The van der Waals surface area contributed by atoms with Gasteiger partial charge in [-0.15, -0.1) is 0 Å². The van der Waals surface area contributed by atoms with Crippen LogP contribution in [-0.2, 0) is 0 Å². The average molecular weight is 802 g/mol. The van der Waals surface area contributed by atoms with E-state index in [4.69, 9.17) is 0 Å². The van der Waals surface area contributed by atoms with Crippen molar-refractivity contribution in [2.45, 2.75) is 320 Å². The molecule has 0 aromatic heterocycles. The lowest BCUT2D eigenvalue weighted by atomic mass is 9.80. The smallest absolute Gasteiger partial charge is 0.0388 e. The topological polar surface area (TPSA) is 0 Å². The molecule has 0 aliphatic rings. The van der Waals surface area contributed by atoms with Crippen molar-refractivity contribution in [3.8, 4) is 0 Å². The molecule has 0 radical (unpaired) electrons. The average Bonchev–Trinajstić information content (AvgIpc) is 3.16. The molecule has 57 heavy (non-hydrogen) atoms. The Balaban J connectivity index is 3.62. The first-order valence-electron chi connectivity index (χ1n) is 27.5. The third kappa shape index (κ3) is 43.9. The van der Waals surface area contributed by atoms with Crippen molar-refractivity contribution >= 4 is 0 Å². The molecule has 0 saturated carbocycles. The monoisotopic (exact) mass is 801 g/mol. The Hall–Kier alpha value is 0. The summed E-state index contributed by atoms with van der Waals surface area (Å²) in [6.07, 6.45) is 57.3. The zero-order valence-electron chi connectivity index (χ0n) is 42.2. The van der Waals surface area contributed by atoms with Crippen LogP contribution in [0.15, 0.2) is 0 Å².